The van der Waals surface area contributed by atoms with E-state index in [0.29, 0.717) is 24.2 Å². The molecule has 24 heavy (non-hydrogen) atoms. The van der Waals surface area contributed by atoms with E-state index in [1.807, 2.05) is 18.3 Å². The predicted molar refractivity (Wildman–Crippen MR) is 99.2 cm³/mol. The van der Waals surface area contributed by atoms with Crippen molar-refractivity contribution in [1.29, 1.82) is 0 Å². The van der Waals surface area contributed by atoms with Crippen LogP contribution in [-0.4, -0.2) is 55.1 Å². The summed E-state index contributed by atoms with van der Waals surface area (Å²) in [6, 6.07) is 4.05. The maximum atomic E-state index is 12.0. The Balaban J connectivity index is 1.88. The molecule has 0 bridgehead atoms. The van der Waals surface area contributed by atoms with E-state index in [-0.39, 0.29) is 5.91 Å². The van der Waals surface area contributed by atoms with Crippen LogP contribution in [-0.2, 0) is 4.79 Å². The molecule has 1 aromatic rings. The number of nitrogens with one attached hydrogen (secondary N) is 1. The van der Waals surface area contributed by atoms with Crippen LogP contribution in [0.15, 0.2) is 18.3 Å². The molecule has 0 aromatic carbocycles. The van der Waals surface area contributed by atoms with Gasteiger partial charge in [-0.3, -0.25) is 4.79 Å². The number of hydrogen-bond donors (Lipinski definition) is 2. The van der Waals surface area contributed by atoms with Gasteiger partial charge in [0, 0.05) is 19.1 Å². The van der Waals surface area contributed by atoms with E-state index in [0.717, 1.165) is 31.6 Å². The second-order valence-electron chi connectivity index (χ2n) is 7.31. The summed E-state index contributed by atoms with van der Waals surface area (Å²) in [5.74, 6) is 0.785. The van der Waals surface area contributed by atoms with Crippen LogP contribution in [0.25, 0.3) is 0 Å². The van der Waals surface area contributed by atoms with Crippen molar-refractivity contribution in [2.24, 2.45) is 11.7 Å². The van der Waals surface area contributed by atoms with Crippen LogP contribution in [0.3, 0.4) is 0 Å². The van der Waals surface area contributed by atoms with Gasteiger partial charge < -0.3 is 20.9 Å². The van der Waals surface area contributed by atoms with Gasteiger partial charge in [-0.15, -0.1) is 0 Å². The fourth-order valence-corrected chi connectivity index (χ4v) is 3.12. The Bertz CT molecular complexity index is 521. The molecule has 1 aliphatic rings. The molecule has 1 amide bonds. The van der Waals surface area contributed by atoms with E-state index in [1.54, 1.807) is 0 Å². The third-order valence-corrected chi connectivity index (χ3v) is 4.62. The number of anilines is 2. The van der Waals surface area contributed by atoms with E-state index >= 15 is 0 Å². The van der Waals surface area contributed by atoms with Crippen LogP contribution in [0.1, 0.15) is 33.1 Å². The molecule has 134 valence electrons. The van der Waals surface area contributed by atoms with Crippen molar-refractivity contribution in [3.8, 4) is 0 Å². The summed E-state index contributed by atoms with van der Waals surface area (Å²) in [5.41, 5.74) is 7.01. The van der Waals surface area contributed by atoms with Crippen molar-refractivity contribution < 1.29 is 4.79 Å². The van der Waals surface area contributed by atoms with E-state index in [1.165, 1.54) is 0 Å². The highest BCUT2D eigenvalue weighted by Crippen LogP contribution is 2.22. The predicted octanol–water partition coefficient (Wildman–Crippen LogP) is 1.92. The highest BCUT2D eigenvalue weighted by atomic mass is 16.2. The Labute approximate surface area is 145 Å². The maximum absolute atomic E-state index is 12.0. The van der Waals surface area contributed by atoms with Gasteiger partial charge in [0.05, 0.1) is 17.9 Å². The molecule has 1 fully saturated rings. The van der Waals surface area contributed by atoms with E-state index in [2.05, 4.69) is 48.0 Å². The van der Waals surface area contributed by atoms with Gasteiger partial charge in [-0.25, -0.2) is 4.98 Å². The average molecular weight is 333 g/mol. The quantitative estimate of drug-likeness (QED) is 0.832. The fraction of sp³-hybridized carbons (Fsp3) is 0.667. The lowest BCUT2D eigenvalue weighted by molar-refractivity contribution is -0.117. The van der Waals surface area contributed by atoms with Gasteiger partial charge in [-0.05, 0) is 51.4 Å². The summed E-state index contributed by atoms with van der Waals surface area (Å²) in [6.07, 6.45) is 4.83. The molecule has 0 radical (unpaired) electrons. The minimum Gasteiger partial charge on any atom is -0.370 e. The van der Waals surface area contributed by atoms with Gasteiger partial charge in [-0.1, -0.05) is 13.8 Å². The number of amides is 1. The molecule has 0 unspecified atom stereocenters. The topological polar surface area (TPSA) is 74.5 Å². The first-order valence-electron chi connectivity index (χ1n) is 8.80. The molecule has 0 aliphatic carbocycles. The first-order chi connectivity index (χ1) is 11.4. The molecule has 1 saturated heterocycles. The first-order valence-corrected chi connectivity index (χ1v) is 8.80. The van der Waals surface area contributed by atoms with Crippen molar-refractivity contribution in [2.75, 3.05) is 37.4 Å². The largest absolute Gasteiger partial charge is 0.370 e. The molecule has 0 spiro atoms. The van der Waals surface area contributed by atoms with E-state index < -0.39 is 6.04 Å². The zero-order valence-electron chi connectivity index (χ0n) is 15.3. The third-order valence-electron chi connectivity index (χ3n) is 4.62. The minimum atomic E-state index is -0.489. The highest BCUT2D eigenvalue weighted by molar-refractivity contribution is 5.93. The SMILES string of the molecule is CC(C)C[C@H](N)C(=O)Nc1ccc(N2CCC(N(C)C)CC2)cn1. The van der Waals surface area contributed by atoms with Crippen molar-refractivity contribution >= 4 is 17.4 Å². The molecule has 1 aromatic heterocycles. The van der Waals surface area contributed by atoms with E-state index in [4.69, 9.17) is 5.73 Å². The summed E-state index contributed by atoms with van der Waals surface area (Å²) in [4.78, 5) is 21.1. The molecule has 1 aliphatic heterocycles. The van der Waals surface area contributed by atoms with Crippen LogP contribution in [0.5, 0.6) is 0 Å². The molecular weight excluding hydrogens is 302 g/mol. The Morgan fingerprint density at radius 3 is 2.54 bits per heavy atom. The summed E-state index contributed by atoms with van der Waals surface area (Å²) in [6.45, 7) is 6.18. The fourth-order valence-electron chi connectivity index (χ4n) is 3.12. The number of rotatable bonds is 6. The lowest BCUT2D eigenvalue weighted by Crippen LogP contribution is -2.42. The number of nitrogens with two attached hydrogens (primary N) is 1. The van der Waals surface area contributed by atoms with Crippen LogP contribution < -0.4 is 16.0 Å². The lowest BCUT2D eigenvalue weighted by Gasteiger charge is -2.36. The molecule has 2 heterocycles. The van der Waals surface area contributed by atoms with Crippen molar-refractivity contribution in [1.82, 2.24) is 9.88 Å². The van der Waals surface area contributed by atoms with Crippen molar-refractivity contribution in [3.63, 3.8) is 0 Å². The zero-order chi connectivity index (χ0) is 17.7. The van der Waals surface area contributed by atoms with Gasteiger partial charge >= 0.3 is 0 Å². The van der Waals surface area contributed by atoms with Crippen molar-refractivity contribution in [2.45, 2.75) is 45.2 Å². The number of pyridine rings is 1. The zero-order valence-corrected chi connectivity index (χ0v) is 15.3. The van der Waals surface area contributed by atoms with Crippen molar-refractivity contribution in [3.05, 3.63) is 18.3 Å². The number of nitrogens with zero attached hydrogens (tertiary/aromatic N) is 3. The highest BCUT2D eigenvalue weighted by Gasteiger charge is 2.21. The maximum Gasteiger partial charge on any atom is 0.242 e. The van der Waals surface area contributed by atoms with Crippen LogP contribution in [0.4, 0.5) is 11.5 Å². The summed E-state index contributed by atoms with van der Waals surface area (Å²) < 4.78 is 0. The minimum absolute atomic E-state index is 0.171. The Morgan fingerprint density at radius 2 is 2.04 bits per heavy atom. The molecular formula is C18H31N5O. The molecule has 3 N–H and O–H groups in total. The Kier molecular flexibility index (Phi) is 6.57. The molecule has 1 atom stereocenters. The van der Waals surface area contributed by atoms with Crippen LogP contribution in [0.2, 0.25) is 0 Å². The third kappa shape index (κ3) is 5.18. The lowest BCUT2D eigenvalue weighted by atomic mass is 10.0. The standard InChI is InChI=1S/C18H31N5O/c1-13(2)11-16(19)18(24)21-17-6-5-15(12-20-17)23-9-7-14(8-10-23)22(3)4/h5-6,12-14,16H,7-11,19H2,1-4H3,(H,20,21,24)/t16-/m0/s1. The number of hydrogen-bond acceptors (Lipinski definition) is 5. The van der Waals surface area contributed by atoms with Gasteiger partial charge in [0.1, 0.15) is 5.82 Å². The average Bonchev–Trinajstić information content (AvgIpc) is 2.55. The van der Waals surface area contributed by atoms with Gasteiger partial charge in [0.15, 0.2) is 0 Å². The first kappa shape index (κ1) is 18.7. The summed E-state index contributed by atoms with van der Waals surface area (Å²) in [7, 11) is 4.28. The normalized spacial score (nSPS) is 17.4. The number of aromatic nitrogens is 1. The summed E-state index contributed by atoms with van der Waals surface area (Å²) >= 11 is 0. The smallest absolute Gasteiger partial charge is 0.242 e. The number of piperidine rings is 1. The second kappa shape index (κ2) is 8.44. The second-order valence-corrected chi connectivity index (χ2v) is 7.31. The molecule has 0 saturated carbocycles. The van der Waals surface area contributed by atoms with E-state index in [9.17, 15) is 4.79 Å². The summed E-state index contributed by atoms with van der Waals surface area (Å²) in [5, 5.41) is 2.80. The molecule has 2 rings (SSSR count). The van der Waals surface area contributed by atoms with Crippen LogP contribution in [0, 0.1) is 5.92 Å². The van der Waals surface area contributed by atoms with Gasteiger partial charge in [0.25, 0.3) is 0 Å². The Hall–Kier alpha value is -1.66. The Morgan fingerprint density at radius 1 is 1.38 bits per heavy atom. The number of carbonyl (C=O) groups is 1. The van der Waals surface area contributed by atoms with Gasteiger partial charge in [0.2, 0.25) is 5.91 Å². The number of carbonyl (C=O) groups excluding carboxylic acids is 1. The molecule has 6 heteroatoms. The monoisotopic (exact) mass is 333 g/mol. The van der Waals surface area contributed by atoms with Gasteiger partial charge in [-0.2, -0.15) is 0 Å². The van der Waals surface area contributed by atoms with Crippen LogP contribution >= 0.6 is 0 Å². The molecule has 6 nitrogen and oxygen atoms in total.